The van der Waals surface area contributed by atoms with Crippen molar-refractivity contribution < 1.29 is 8.42 Å². The van der Waals surface area contributed by atoms with Crippen molar-refractivity contribution in [2.24, 2.45) is 0 Å². The second kappa shape index (κ2) is 3.83. The first kappa shape index (κ1) is 9.87. The highest BCUT2D eigenvalue weighted by Gasteiger charge is 2.14. The predicted octanol–water partition coefficient (Wildman–Crippen LogP) is -0.389. The van der Waals surface area contributed by atoms with E-state index in [4.69, 9.17) is 0 Å². The fourth-order valence-corrected chi connectivity index (χ4v) is 1.94. The summed E-state index contributed by atoms with van der Waals surface area (Å²) in [6.45, 7) is 0.174. The molecule has 0 aromatic carbocycles. The van der Waals surface area contributed by atoms with Gasteiger partial charge in [-0.3, -0.25) is 10.2 Å². The summed E-state index contributed by atoms with van der Waals surface area (Å²) in [6, 6.07) is 1.69. The zero-order chi connectivity index (χ0) is 10.7. The summed E-state index contributed by atoms with van der Waals surface area (Å²) in [5.74, 6) is 0. The first-order chi connectivity index (χ1) is 7.18. The van der Waals surface area contributed by atoms with Crippen molar-refractivity contribution in [2.75, 3.05) is 0 Å². The smallest absolute Gasteiger partial charge is 0.244 e. The van der Waals surface area contributed by atoms with Gasteiger partial charge in [-0.05, 0) is 6.07 Å². The quantitative estimate of drug-likeness (QED) is 0.661. The van der Waals surface area contributed by atoms with Gasteiger partial charge in [0, 0.05) is 12.4 Å². The van der Waals surface area contributed by atoms with Crippen molar-refractivity contribution in [3.05, 3.63) is 30.4 Å². The van der Waals surface area contributed by atoms with Crippen LogP contribution in [0.25, 0.3) is 0 Å². The number of aromatic nitrogens is 4. The normalized spacial score (nSPS) is 11.7. The number of nitrogens with zero attached hydrogens (tertiary/aromatic N) is 2. The highest BCUT2D eigenvalue weighted by atomic mass is 32.2. The first-order valence-corrected chi connectivity index (χ1v) is 5.63. The minimum absolute atomic E-state index is 0.113. The summed E-state index contributed by atoms with van der Waals surface area (Å²) in [4.78, 5) is 0.113. The molecular formula is C7H9N5O2S. The monoisotopic (exact) mass is 227 g/mol. The van der Waals surface area contributed by atoms with Gasteiger partial charge >= 0.3 is 0 Å². The Hall–Kier alpha value is -1.67. The Morgan fingerprint density at radius 2 is 2.27 bits per heavy atom. The Morgan fingerprint density at radius 1 is 1.40 bits per heavy atom. The summed E-state index contributed by atoms with van der Waals surface area (Å²) >= 11 is 0. The average Bonchev–Trinajstić information content (AvgIpc) is 2.88. The third-order valence-electron chi connectivity index (χ3n) is 1.79. The molecule has 0 unspecified atom stereocenters. The Labute approximate surface area is 86.0 Å². The van der Waals surface area contributed by atoms with Crippen LogP contribution in [0, 0.1) is 0 Å². The lowest BCUT2D eigenvalue weighted by Crippen LogP contribution is -2.23. The van der Waals surface area contributed by atoms with Crippen LogP contribution in [0.4, 0.5) is 0 Å². The molecule has 0 aliphatic heterocycles. The maximum atomic E-state index is 11.6. The number of hydrogen-bond acceptors (Lipinski definition) is 4. The van der Waals surface area contributed by atoms with Crippen molar-refractivity contribution >= 4 is 10.0 Å². The first-order valence-electron chi connectivity index (χ1n) is 4.15. The molecule has 0 radical (unpaired) electrons. The van der Waals surface area contributed by atoms with E-state index in [1.807, 2.05) is 0 Å². The molecule has 80 valence electrons. The Bertz CT molecular complexity index is 502. The number of aromatic amines is 2. The van der Waals surface area contributed by atoms with Crippen LogP contribution < -0.4 is 4.72 Å². The molecule has 0 bridgehead atoms. The minimum atomic E-state index is -3.48. The average molecular weight is 227 g/mol. The number of sulfonamides is 1. The molecule has 3 N–H and O–H groups in total. The lowest BCUT2D eigenvalue weighted by molar-refractivity contribution is 0.580. The summed E-state index contributed by atoms with van der Waals surface area (Å²) in [7, 11) is -3.48. The highest BCUT2D eigenvalue weighted by molar-refractivity contribution is 7.89. The maximum Gasteiger partial charge on any atom is 0.244 e. The SMILES string of the molecule is O=S(=O)(NCc1ccn[nH]1)c1cn[nH]c1. The lowest BCUT2D eigenvalue weighted by atomic mass is 10.4. The van der Waals surface area contributed by atoms with Crippen LogP contribution in [0.1, 0.15) is 5.69 Å². The molecule has 0 saturated carbocycles. The maximum absolute atomic E-state index is 11.6. The van der Waals surface area contributed by atoms with Gasteiger partial charge in [0.05, 0.1) is 18.4 Å². The second-order valence-corrected chi connectivity index (χ2v) is 4.61. The topological polar surface area (TPSA) is 104 Å². The molecule has 2 aromatic rings. The van der Waals surface area contributed by atoms with Crippen LogP contribution in [0.2, 0.25) is 0 Å². The van der Waals surface area contributed by atoms with Crippen LogP contribution in [0.5, 0.6) is 0 Å². The molecule has 2 rings (SSSR count). The summed E-state index contributed by atoms with van der Waals surface area (Å²) in [5, 5.41) is 12.4. The fraction of sp³-hybridized carbons (Fsp3) is 0.143. The van der Waals surface area contributed by atoms with E-state index in [1.54, 1.807) is 12.3 Å². The summed E-state index contributed by atoms with van der Waals surface area (Å²) in [6.07, 6.45) is 4.12. The highest BCUT2D eigenvalue weighted by Crippen LogP contribution is 2.04. The van der Waals surface area contributed by atoms with Crippen LogP contribution in [-0.4, -0.2) is 28.8 Å². The van der Waals surface area contributed by atoms with Gasteiger partial charge in [0.1, 0.15) is 4.90 Å². The van der Waals surface area contributed by atoms with Crippen molar-refractivity contribution in [3.63, 3.8) is 0 Å². The zero-order valence-electron chi connectivity index (χ0n) is 7.64. The van der Waals surface area contributed by atoms with E-state index in [0.717, 1.165) is 0 Å². The fourth-order valence-electron chi connectivity index (χ4n) is 1.03. The van der Waals surface area contributed by atoms with Crippen LogP contribution in [0.15, 0.2) is 29.6 Å². The van der Waals surface area contributed by atoms with E-state index < -0.39 is 10.0 Å². The third kappa shape index (κ3) is 2.22. The van der Waals surface area contributed by atoms with E-state index in [9.17, 15) is 8.42 Å². The van der Waals surface area contributed by atoms with E-state index in [0.29, 0.717) is 5.69 Å². The lowest BCUT2D eigenvalue weighted by Gasteiger charge is -2.01. The standard InChI is InChI=1S/C7H9N5O2S/c13-15(14,7-4-9-10-5-7)11-3-6-1-2-8-12-6/h1-2,4-5,11H,3H2,(H,8,12)(H,9,10). The number of H-pyrrole nitrogens is 2. The van der Waals surface area contributed by atoms with E-state index in [2.05, 4.69) is 25.1 Å². The van der Waals surface area contributed by atoms with Gasteiger partial charge in [-0.1, -0.05) is 0 Å². The second-order valence-electron chi connectivity index (χ2n) is 2.84. The van der Waals surface area contributed by atoms with Gasteiger partial charge in [-0.15, -0.1) is 0 Å². The molecule has 15 heavy (non-hydrogen) atoms. The van der Waals surface area contributed by atoms with Crippen molar-refractivity contribution in [3.8, 4) is 0 Å². The molecule has 2 aromatic heterocycles. The van der Waals surface area contributed by atoms with Gasteiger partial charge in [0.25, 0.3) is 0 Å². The van der Waals surface area contributed by atoms with Gasteiger partial charge in [-0.25, -0.2) is 13.1 Å². The van der Waals surface area contributed by atoms with E-state index in [-0.39, 0.29) is 11.4 Å². The molecule has 0 aliphatic carbocycles. The molecule has 2 heterocycles. The van der Waals surface area contributed by atoms with Crippen molar-refractivity contribution in [1.29, 1.82) is 0 Å². The van der Waals surface area contributed by atoms with Gasteiger partial charge in [0.15, 0.2) is 0 Å². The molecule has 7 nitrogen and oxygen atoms in total. The van der Waals surface area contributed by atoms with Crippen LogP contribution in [0.3, 0.4) is 0 Å². The van der Waals surface area contributed by atoms with E-state index >= 15 is 0 Å². The number of rotatable bonds is 4. The van der Waals surface area contributed by atoms with Gasteiger partial charge in [0.2, 0.25) is 10.0 Å². The molecule has 0 aliphatic rings. The minimum Gasteiger partial charge on any atom is -0.284 e. The molecule has 8 heteroatoms. The number of hydrogen-bond donors (Lipinski definition) is 3. The molecule has 0 fully saturated rings. The molecular weight excluding hydrogens is 218 g/mol. The Kier molecular flexibility index (Phi) is 2.52. The largest absolute Gasteiger partial charge is 0.284 e. The third-order valence-corrected chi connectivity index (χ3v) is 3.16. The summed E-state index contributed by atoms with van der Waals surface area (Å²) in [5.41, 5.74) is 0.696. The number of nitrogens with one attached hydrogen (secondary N) is 3. The molecule has 0 amide bonds. The van der Waals surface area contributed by atoms with Crippen LogP contribution >= 0.6 is 0 Å². The Balaban J connectivity index is 2.06. The van der Waals surface area contributed by atoms with Crippen molar-refractivity contribution in [2.45, 2.75) is 11.4 Å². The van der Waals surface area contributed by atoms with Crippen LogP contribution in [-0.2, 0) is 16.6 Å². The van der Waals surface area contributed by atoms with E-state index in [1.165, 1.54) is 12.4 Å². The molecule has 0 saturated heterocycles. The van der Waals surface area contributed by atoms with Gasteiger partial charge in [-0.2, -0.15) is 10.2 Å². The Morgan fingerprint density at radius 3 is 2.87 bits per heavy atom. The predicted molar refractivity (Wildman–Crippen MR) is 51.2 cm³/mol. The zero-order valence-corrected chi connectivity index (χ0v) is 8.45. The molecule has 0 spiro atoms. The summed E-state index contributed by atoms with van der Waals surface area (Å²) < 4.78 is 25.6. The van der Waals surface area contributed by atoms with Gasteiger partial charge < -0.3 is 0 Å². The molecule has 0 atom stereocenters. The van der Waals surface area contributed by atoms with Crippen molar-refractivity contribution in [1.82, 2.24) is 25.1 Å².